The van der Waals surface area contributed by atoms with Crippen molar-refractivity contribution >= 4 is 41.5 Å². The van der Waals surface area contributed by atoms with Gasteiger partial charge in [-0.25, -0.2) is 4.99 Å². The number of benzene rings is 2. The van der Waals surface area contributed by atoms with E-state index in [4.69, 9.17) is 9.47 Å². The average Bonchev–Trinajstić information content (AvgIpc) is 2.98. The van der Waals surface area contributed by atoms with Crippen LogP contribution in [0.2, 0.25) is 0 Å². The number of nitrogens with one attached hydrogen (secondary N) is 3. The molecule has 1 heterocycles. The molecule has 0 atom stereocenters. The number of nitrogens with zero attached hydrogens (tertiary/aromatic N) is 1. The monoisotopic (exact) mass is 524 g/mol. The van der Waals surface area contributed by atoms with Gasteiger partial charge in [-0.3, -0.25) is 4.79 Å². The fourth-order valence-electron chi connectivity index (χ4n) is 2.88. The Morgan fingerprint density at radius 2 is 1.67 bits per heavy atom. The predicted molar refractivity (Wildman–Crippen MR) is 130 cm³/mol. The maximum absolute atomic E-state index is 11.9. The Labute approximate surface area is 194 Å². The highest BCUT2D eigenvalue weighted by atomic mass is 127. The van der Waals surface area contributed by atoms with Crippen molar-refractivity contribution in [2.45, 2.75) is 26.8 Å². The minimum atomic E-state index is -0.0630. The van der Waals surface area contributed by atoms with E-state index in [-0.39, 0.29) is 29.9 Å². The van der Waals surface area contributed by atoms with Gasteiger partial charge in [0.15, 0.2) is 17.5 Å². The van der Waals surface area contributed by atoms with Gasteiger partial charge in [-0.15, -0.1) is 24.0 Å². The molecule has 0 aliphatic carbocycles. The first-order valence-corrected chi connectivity index (χ1v) is 10.0. The third kappa shape index (κ3) is 6.79. The number of ether oxygens (including phenoxy) is 2. The molecule has 7 nitrogen and oxygen atoms in total. The minimum Gasteiger partial charge on any atom is -0.490 e. The van der Waals surface area contributed by atoms with Gasteiger partial charge >= 0.3 is 0 Å². The van der Waals surface area contributed by atoms with Gasteiger partial charge in [-0.05, 0) is 43.7 Å². The van der Waals surface area contributed by atoms with Crippen LogP contribution in [-0.4, -0.2) is 38.2 Å². The third-order valence-electron chi connectivity index (χ3n) is 4.33. The maximum Gasteiger partial charge on any atom is 0.251 e. The molecule has 1 aliphatic rings. The number of anilines is 1. The van der Waals surface area contributed by atoms with E-state index in [0.717, 1.165) is 35.7 Å². The van der Waals surface area contributed by atoms with Crippen LogP contribution in [0.15, 0.2) is 47.5 Å². The number of rotatable bonds is 6. The van der Waals surface area contributed by atoms with Crippen LogP contribution < -0.4 is 25.4 Å². The summed E-state index contributed by atoms with van der Waals surface area (Å²) in [7, 11) is 0. The average molecular weight is 524 g/mol. The summed E-state index contributed by atoms with van der Waals surface area (Å²) in [5.41, 5.74) is 2.55. The van der Waals surface area contributed by atoms with Crippen molar-refractivity contribution in [1.82, 2.24) is 10.6 Å². The van der Waals surface area contributed by atoms with E-state index in [1.165, 1.54) is 0 Å². The quantitative estimate of drug-likeness (QED) is 0.304. The van der Waals surface area contributed by atoms with E-state index in [1.54, 1.807) is 0 Å². The molecule has 162 valence electrons. The highest BCUT2D eigenvalue weighted by Gasteiger charge is 2.11. The highest BCUT2D eigenvalue weighted by Crippen LogP contribution is 2.32. The Balaban J connectivity index is 0.00000320. The lowest BCUT2D eigenvalue weighted by Gasteiger charge is -2.14. The van der Waals surface area contributed by atoms with Crippen molar-refractivity contribution in [3.05, 3.63) is 53.6 Å². The van der Waals surface area contributed by atoms with Gasteiger partial charge in [0.25, 0.3) is 5.91 Å². The molecule has 0 saturated carbocycles. The number of hydrogen-bond acceptors (Lipinski definition) is 4. The van der Waals surface area contributed by atoms with E-state index >= 15 is 0 Å². The Hall–Kier alpha value is -2.49. The van der Waals surface area contributed by atoms with Crippen molar-refractivity contribution in [3.63, 3.8) is 0 Å². The molecular formula is C22H29IN4O3. The molecule has 2 aromatic carbocycles. The number of halogens is 1. The number of carbonyl (C=O) groups excluding carboxylic acids is 1. The van der Waals surface area contributed by atoms with Gasteiger partial charge in [-0.2, -0.15) is 0 Å². The first-order chi connectivity index (χ1) is 14.2. The second-order valence-electron chi connectivity index (χ2n) is 6.59. The zero-order chi connectivity index (χ0) is 20.5. The lowest BCUT2D eigenvalue weighted by Crippen LogP contribution is -2.30. The van der Waals surface area contributed by atoms with Crippen LogP contribution in [-0.2, 0) is 6.54 Å². The smallest absolute Gasteiger partial charge is 0.251 e. The highest BCUT2D eigenvalue weighted by molar-refractivity contribution is 14.0. The molecule has 3 N–H and O–H groups in total. The fraction of sp³-hybridized carbons (Fsp3) is 0.364. The number of amides is 1. The lowest BCUT2D eigenvalue weighted by molar-refractivity contribution is 0.0956. The van der Waals surface area contributed by atoms with Crippen LogP contribution in [0.3, 0.4) is 0 Å². The van der Waals surface area contributed by atoms with Gasteiger partial charge < -0.3 is 25.4 Å². The maximum atomic E-state index is 11.9. The van der Waals surface area contributed by atoms with Crippen LogP contribution in [0.5, 0.6) is 11.5 Å². The third-order valence-corrected chi connectivity index (χ3v) is 4.33. The van der Waals surface area contributed by atoms with E-state index < -0.39 is 0 Å². The minimum absolute atomic E-state index is 0. The van der Waals surface area contributed by atoms with Crippen molar-refractivity contribution in [2.75, 3.05) is 31.6 Å². The molecule has 1 amide bonds. The van der Waals surface area contributed by atoms with Crippen molar-refractivity contribution < 1.29 is 14.3 Å². The van der Waals surface area contributed by atoms with Crippen molar-refractivity contribution in [3.8, 4) is 11.5 Å². The summed E-state index contributed by atoms with van der Waals surface area (Å²) < 4.78 is 11.4. The molecule has 8 heteroatoms. The first-order valence-electron chi connectivity index (χ1n) is 10.0. The van der Waals surface area contributed by atoms with Gasteiger partial charge in [0, 0.05) is 36.8 Å². The molecule has 0 aromatic heterocycles. The van der Waals surface area contributed by atoms with Crippen LogP contribution in [0, 0.1) is 0 Å². The summed E-state index contributed by atoms with van der Waals surface area (Å²) >= 11 is 0. The molecule has 3 rings (SSSR count). The summed E-state index contributed by atoms with van der Waals surface area (Å²) in [4.78, 5) is 16.5. The number of carbonyl (C=O) groups is 1. The molecule has 0 unspecified atom stereocenters. The molecule has 0 radical (unpaired) electrons. The Morgan fingerprint density at radius 3 is 2.37 bits per heavy atom. The molecule has 2 aromatic rings. The van der Waals surface area contributed by atoms with Crippen LogP contribution in [0.1, 0.15) is 36.2 Å². The SMILES string of the molecule is CCNC(=O)c1ccc(CN=C(NCC)Nc2ccc3c(c2)OCCCO3)cc1.I. The molecular weight excluding hydrogens is 495 g/mol. The molecule has 1 aliphatic heterocycles. The zero-order valence-electron chi connectivity index (χ0n) is 17.4. The molecule has 0 bridgehead atoms. The standard InChI is InChI=1S/C22H28N4O3.HI/c1-3-23-21(27)17-8-6-16(7-9-17)15-25-22(24-4-2)26-18-10-11-19-20(14-18)29-13-5-12-28-19;/h6-11,14H,3-5,12-13,15H2,1-2H3,(H,23,27)(H2,24,25,26);1H. The topological polar surface area (TPSA) is 84.0 Å². The van der Waals surface area contributed by atoms with E-state index in [2.05, 4.69) is 20.9 Å². The van der Waals surface area contributed by atoms with Crippen molar-refractivity contribution in [2.24, 2.45) is 4.99 Å². The Morgan fingerprint density at radius 1 is 0.967 bits per heavy atom. The fourth-order valence-corrected chi connectivity index (χ4v) is 2.88. The summed E-state index contributed by atoms with van der Waals surface area (Å²) in [6.07, 6.45) is 0.875. The summed E-state index contributed by atoms with van der Waals surface area (Å²) in [6, 6.07) is 13.3. The summed E-state index contributed by atoms with van der Waals surface area (Å²) in [6.45, 7) is 7.09. The number of hydrogen-bond donors (Lipinski definition) is 3. The largest absolute Gasteiger partial charge is 0.490 e. The van der Waals surface area contributed by atoms with Gasteiger partial charge in [0.2, 0.25) is 0 Å². The normalized spacial score (nSPS) is 12.9. The number of fused-ring (bicyclic) bond motifs is 1. The molecule has 0 fully saturated rings. The predicted octanol–water partition coefficient (Wildman–Crippen LogP) is 3.79. The van der Waals surface area contributed by atoms with Gasteiger partial charge in [-0.1, -0.05) is 12.1 Å². The molecule has 30 heavy (non-hydrogen) atoms. The van der Waals surface area contributed by atoms with Gasteiger partial charge in [0.05, 0.1) is 19.8 Å². The molecule has 0 spiro atoms. The molecule has 0 saturated heterocycles. The second-order valence-corrected chi connectivity index (χ2v) is 6.59. The lowest BCUT2D eigenvalue weighted by atomic mass is 10.1. The second kappa shape index (κ2) is 12.3. The van der Waals surface area contributed by atoms with Crippen LogP contribution in [0.25, 0.3) is 0 Å². The number of aliphatic imine (C=N–C) groups is 1. The van der Waals surface area contributed by atoms with Crippen LogP contribution in [0.4, 0.5) is 5.69 Å². The Kier molecular flexibility index (Phi) is 9.72. The van der Waals surface area contributed by atoms with E-state index in [9.17, 15) is 4.79 Å². The Bertz CT molecular complexity index is 856. The van der Waals surface area contributed by atoms with E-state index in [0.29, 0.717) is 37.8 Å². The van der Waals surface area contributed by atoms with E-state index in [1.807, 2.05) is 56.3 Å². The van der Waals surface area contributed by atoms with Crippen LogP contribution >= 0.6 is 24.0 Å². The first kappa shape index (κ1) is 23.8. The summed E-state index contributed by atoms with van der Waals surface area (Å²) in [5.74, 6) is 2.12. The van der Waals surface area contributed by atoms with Crippen molar-refractivity contribution in [1.29, 1.82) is 0 Å². The zero-order valence-corrected chi connectivity index (χ0v) is 19.7. The summed E-state index contributed by atoms with van der Waals surface area (Å²) in [5, 5.41) is 9.34. The number of guanidine groups is 1. The van der Waals surface area contributed by atoms with Gasteiger partial charge in [0.1, 0.15) is 0 Å².